The van der Waals surface area contributed by atoms with Gasteiger partial charge >= 0.3 is 0 Å². The summed E-state index contributed by atoms with van der Waals surface area (Å²) >= 11 is 0. The van der Waals surface area contributed by atoms with E-state index in [4.69, 9.17) is 6.42 Å². The van der Waals surface area contributed by atoms with Crippen LogP contribution < -0.4 is 5.32 Å². The van der Waals surface area contributed by atoms with Crippen LogP contribution in [0.2, 0.25) is 0 Å². The van der Waals surface area contributed by atoms with E-state index in [0.29, 0.717) is 5.41 Å². The van der Waals surface area contributed by atoms with Gasteiger partial charge in [0.25, 0.3) is 0 Å². The lowest BCUT2D eigenvalue weighted by molar-refractivity contribution is 0.323. The van der Waals surface area contributed by atoms with Crippen LogP contribution in [0.4, 0.5) is 0 Å². The minimum Gasteiger partial charge on any atom is -0.303 e. The molecule has 1 nitrogen and oxygen atoms in total. The van der Waals surface area contributed by atoms with Crippen LogP contribution in [0.3, 0.4) is 0 Å². The van der Waals surface area contributed by atoms with Crippen molar-refractivity contribution in [3.63, 3.8) is 0 Å². The minimum atomic E-state index is 0.195. The van der Waals surface area contributed by atoms with Crippen molar-refractivity contribution in [3.8, 4) is 12.3 Å². The number of terminal acetylenes is 1. The van der Waals surface area contributed by atoms with Gasteiger partial charge in [0, 0.05) is 6.54 Å². The van der Waals surface area contributed by atoms with E-state index in [1.807, 2.05) is 6.92 Å². The maximum atomic E-state index is 5.23. The van der Waals surface area contributed by atoms with E-state index >= 15 is 0 Å². The van der Waals surface area contributed by atoms with Crippen LogP contribution in [0.1, 0.15) is 34.1 Å². The Morgan fingerprint density at radius 1 is 1.55 bits per heavy atom. The van der Waals surface area contributed by atoms with Crippen molar-refractivity contribution >= 4 is 0 Å². The number of nitrogens with one attached hydrogen (secondary N) is 1. The lowest BCUT2D eigenvalue weighted by atomic mass is 9.90. The first-order valence-electron chi connectivity index (χ1n) is 4.21. The Labute approximate surface area is 70.6 Å². The van der Waals surface area contributed by atoms with Crippen molar-refractivity contribution in [1.82, 2.24) is 5.32 Å². The van der Waals surface area contributed by atoms with Crippen LogP contribution in [-0.2, 0) is 0 Å². The van der Waals surface area contributed by atoms with Gasteiger partial charge in [-0.15, -0.1) is 6.42 Å². The number of hydrogen-bond acceptors (Lipinski definition) is 1. The Bertz CT molecular complexity index is 141. The third kappa shape index (κ3) is 4.86. The standard InChI is InChI=1S/C10H19N/c1-6-9(3)11-8-10(4,5)7-2/h1,9,11H,7-8H2,2-5H3. The first kappa shape index (κ1) is 10.5. The molecule has 1 atom stereocenters. The van der Waals surface area contributed by atoms with Gasteiger partial charge in [-0.1, -0.05) is 26.7 Å². The van der Waals surface area contributed by atoms with E-state index in [0.717, 1.165) is 6.54 Å². The largest absolute Gasteiger partial charge is 0.303 e. The fourth-order valence-corrected chi connectivity index (χ4v) is 0.613. The molecule has 0 aromatic rings. The van der Waals surface area contributed by atoms with Gasteiger partial charge in [0.15, 0.2) is 0 Å². The highest BCUT2D eigenvalue weighted by molar-refractivity contribution is 4.96. The molecule has 1 N–H and O–H groups in total. The summed E-state index contributed by atoms with van der Waals surface area (Å²) in [6.07, 6.45) is 6.41. The fourth-order valence-electron chi connectivity index (χ4n) is 0.613. The summed E-state index contributed by atoms with van der Waals surface area (Å²) in [6, 6.07) is 0.195. The van der Waals surface area contributed by atoms with Crippen LogP contribution >= 0.6 is 0 Å². The molecule has 0 fully saturated rings. The van der Waals surface area contributed by atoms with Crippen molar-refractivity contribution in [3.05, 3.63) is 0 Å². The van der Waals surface area contributed by atoms with Crippen molar-refractivity contribution in [2.24, 2.45) is 5.41 Å². The third-order valence-corrected chi connectivity index (χ3v) is 2.09. The van der Waals surface area contributed by atoms with Gasteiger partial charge in [-0.2, -0.15) is 0 Å². The van der Waals surface area contributed by atoms with Gasteiger partial charge in [0.2, 0.25) is 0 Å². The molecule has 0 rings (SSSR count). The van der Waals surface area contributed by atoms with Gasteiger partial charge in [0.05, 0.1) is 6.04 Å². The molecule has 64 valence electrons. The zero-order valence-electron chi connectivity index (χ0n) is 8.07. The van der Waals surface area contributed by atoms with E-state index < -0.39 is 0 Å². The predicted molar refractivity (Wildman–Crippen MR) is 50.4 cm³/mol. The molecule has 1 unspecified atom stereocenters. The zero-order valence-corrected chi connectivity index (χ0v) is 8.07. The SMILES string of the molecule is C#CC(C)NCC(C)(C)CC. The Morgan fingerprint density at radius 3 is 2.45 bits per heavy atom. The van der Waals surface area contributed by atoms with Crippen LogP contribution in [-0.4, -0.2) is 12.6 Å². The third-order valence-electron chi connectivity index (χ3n) is 2.09. The Balaban J connectivity index is 3.63. The van der Waals surface area contributed by atoms with E-state index in [1.165, 1.54) is 6.42 Å². The maximum Gasteiger partial charge on any atom is 0.0658 e. The molecule has 0 amide bonds. The molecule has 0 spiro atoms. The summed E-state index contributed by atoms with van der Waals surface area (Å²) < 4.78 is 0. The summed E-state index contributed by atoms with van der Waals surface area (Å²) in [4.78, 5) is 0. The number of rotatable bonds is 4. The van der Waals surface area contributed by atoms with Gasteiger partial charge in [-0.05, 0) is 18.8 Å². The number of hydrogen-bond donors (Lipinski definition) is 1. The summed E-state index contributed by atoms with van der Waals surface area (Å²) in [5.74, 6) is 2.65. The van der Waals surface area contributed by atoms with Crippen molar-refractivity contribution < 1.29 is 0 Å². The molecule has 0 saturated heterocycles. The second-order valence-electron chi connectivity index (χ2n) is 3.79. The van der Waals surface area contributed by atoms with Gasteiger partial charge < -0.3 is 5.32 Å². The molecular weight excluding hydrogens is 134 g/mol. The van der Waals surface area contributed by atoms with E-state index in [-0.39, 0.29) is 6.04 Å². The molecule has 11 heavy (non-hydrogen) atoms. The molecule has 0 aromatic heterocycles. The molecule has 0 aliphatic carbocycles. The zero-order chi connectivity index (χ0) is 8.91. The smallest absolute Gasteiger partial charge is 0.0658 e. The molecule has 0 heterocycles. The molecule has 0 bridgehead atoms. The average Bonchev–Trinajstić information content (AvgIpc) is 2.00. The summed E-state index contributed by atoms with van der Waals surface area (Å²) in [7, 11) is 0. The lowest BCUT2D eigenvalue weighted by Gasteiger charge is -2.24. The first-order valence-corrected chi connectivity index (χ1v) is 4.21. The highest BCUT2D eigenvalue weighted by Crippen LogP contribution is 2.17. The van der Waals surface area contributed by atoms with Crippen LogP contribution in [0.5, 0.6) is 0 Å². The van der Waals surface area contributed by atoms with Gasteiger partial charge in [-0.25, -0.2) is 0 Å². The van der Waals surface area contributed by atoms with Gasteiger partial charge in [-0.3, -0.25) is 0 Å². The normalized spacial score (nSPS) is 14.1. The van der Waals surface area contributed by atoms with E-state index in [1.54, 1.807) is 0 Å². The monoisotopic (exact) mass is 153 g/mol. The predicted octanol–water partition coefficient (Wildman–Crippen LogP) is 2.03. The molecule has 0 radical (unpaired) electrons. The molecule has 0 aromatic carbocycles. The highest BCUT2D eigenvalue weighted by Gasteiger charge is 2.14. The van der Waals surface area contributed by atoms with E-state index in [9.17, 15) is 0 Å². The van der Waals surface area contributed by atoms with Crippen LogP contribution in [0.25, 0.3) is 0 Å². The maximum absolute atomic E-state index is 5.23. The van der Waals surface area contributed by atoms with Gasteiger partial charge in [0.1, 0.15) is 0 Å². The second-order valence-corrected chi connectivity index (χ2v) is 3.79. The Morgan fingerprint density at radius 2 is 2.09 bits per heavy atom. The first-order chi connectivity index (χ1) is 5.02. The molecular formula is C10H19N. The summed E-state index contributed by atoms with van der Waals surface area (Å²) in [6.45, 7) is 9.68. The average molecular weight is 153 g/mol. The topological polar surface area (TPSA) is 12.0 Å². The van der Waals surface area contributed by atoms with Crippen LogP contribution in [0, 0.1) is 17.8 Å². The highest BCUT2D eigenvalue weighted by atomic mass is 14.9. The molecule has 0 saturated carbocycles. The lowest BCUT2D eigenvalue weighted by Crippen LogP contribution is -2.34. The van der Waals surface area contributed by atoms with E-state index in [2.05, 4.69) is 32.0 Å². The van der Waals surface area contributed by atoms with Crippen molar-refractivity contribution in [2.45, 2.75) is 40.2 Å². The molecule has 0 aliphatic heterocycles. The molecule has 0 aliphatic rings. The fraction of sp³-hybridized carbons (Fsp3) is 0.800. The Kier molecular flexibility index (Phi) is 4.22. The van der Waals surface area contributed by atoms with Crippen molar-refractivity contribution in [1.29, 1.82) is 0 Å². The summed E-state index contributed by atoms with van der Waals surface area (Å²) in [5, 5.41) is 3.29. The minimum absolute atomic E-state index is 0.195. The second kappa shape index (κ2) is 4.41. The summed E-state index contributed by atoms with van der Waals surface area (Å²) in [5.41, 5.74) is 0.366. The molecule has 1 heteroatoms. The van der Waals surface area contributed by atoms with Crippen molar-refractivity contribution in [2.75, 3.05) is 6.54 Å². The Hall–Kier alpha value is -0.480. The van der Waals surface area contributed by atoms with Crippen LogP contribution in [0.15, 0.2) is 0 Å². The quantitative estimate of drug-likeness (QED) is 0.609.